The molecule has 3 rings (SSSR count). The maximum atomic E-state index is 11.3. The van der Waals surface area contributed by atoms with Crippen LogP contribution >= 0.6 is 11.8 Å². The number of nitro groups is 1. The highest BCUT2D eigenvalue weighted by Gasteiger charge is 2.20. The zero-order valence-corrected chi connectivity index (χ0v) is 14.5. The van der Waals surface area contributed by atoms with E-state index in [4.69, 9.17) is 0 Å². The predicted molar refractivity (Wildman–Crippen MR) is 97.0 cm³/mol. The number of carbonyl (C=O) groups excluding carboxylic acids is 1. The van der Waals surface area contributed by atoms with Crippen LogP contribution < -0.4 is 0 Å². The van der Waals surface area contributed by atoms with Gasteiger partial charge < -0.3 is 0 Å². The standard InChI is InChI=1S/C16H15N5O3S/c1-10(22)9-25-16-8-15(17-18-16)12-5-11(6-13(7-12)21(23)24)14-3-4-20(2)19-14/h3-7H,8-9H2,1-2H3. The highest BCUT2D eigenvalue weighted by Crippen LogP contribution is 2.28. The Bertz CT molecular complexity index is 916. The Hall–Kier alpha value is -2.81. The summed E-state index contributed by atoms with van der Waals surface area (Å²) < 4.78 is 1.64. The molecule has 0 aliphatic carbocycles. The molecule has 0 saturated heterocycles. The lowest BCUT2D eigenvalue weighted by molar-refractivity contribution is -0.384. The van der Waals surface area contributed by atoms with Gasteiger partial charge in [-0.1, -0.05) is 0 Å². The van der Waals surface area contributed by atoms with Crippen LogP contribution in [-0.4, -0.2) is 37.0 Å². The summed E-state index contributed by atoms with van der Waals surface area (Å²) in [6.45, 7) is 1.52. The van der Waals surface area contributed by atoms with E-state index in [1.807, 2.05) is 6.07 Å². The first-order valence-corrected chi connectivity index (χ1v) is 8.46. The fourth-order valence-corrected chi connectivity index (χ4v) is 3.06. The minimum atomic E-state index is -0.433. The molecule has 25 heavy (non-hydrogen) atoms. The highest BCUT2D eigenvalue weighted by molar-refractivity contribution is 8.14. The number of hydrogen-bond acceptors (Lipinski definition) is 7. The molecule has 0 spiro atoms. The predicted octanol–water partition coefficient (Wildman–Crippen LogP) is 2.82. The van der Waals surface area contributed by atoms with E-state index in [0.29, 0.717) is 34.7 Å². The van der Waals surface area contributed by atoms with Gasteiger partial charge in [-0.25, -0.2) is 0 Å². The number of ketones is 1. The number of thioether (sulfide) groups is 1. The Balaban J connectivity index is 1.88. The van der Waals surface area contributed by atoms with Gasteiger partial charge in [-0.15, -0.1) is 16.9 Å². The Labute approximate surface area is 147 Å². The van der Waals surface area contributed by atoms with E-state index in [2.05, 4.69) is 15.3 Å². The van der Waals surface area contributed by atoms with E-state index in [1.54, 1.807) is 24.0 Å². The summed E-state index contributed by atoms with van der Waals surface area (Å²) in [7, 11) is 1.79. The monoisotopic (exact) mass is 357 g/mol. The maximum absolute atomic E-state index is 11.3. The van der Waals surface area contributed by atoms with E-state index >= 15 is 0 Å². The summed E-state index contributed by atoms with van der Waals surface area (Å²) in [6, 6.07) is 6.60. The van der Waals surface area contributed by atoms with Gasteiger partial charge in [0.2, 0.25) is 0 Å². The molecule has 1 aromatic carbocycles. The summed E-state index contributed by atoms with van der Waals surface area (Å²) in [6.07, 6.45) is 2.24. The van der Waals surface area contributed by atoms with Crippen molar-refractivity contribution in [1.29, 1.82) is 0 Å². The van der Waals surface area contributed by atoms with E-state index in [0.717, 1.165) is 5.04 Å². The third-order valence-electron chi connectivity index (χ3n) is 3.51. The minimum Gasteiger partial charge on any atom is -0.299 e. The van der Waals surface area contributed by atoms with Gasteiger partial charge in [-0.3, -0.25) is 19.6 Å². The van der Waals surface area contributed by atoms with Gasteiger partial charge in [0, 0.05) is 42.9 Å². The van der Waals surface area contributed by atoms with Crippen molar-refractivity contribution in [1.82, 2.24) is 9.78 Å². The molecule has 1 aliphatic rings. The second-order valence-corrected chi connectivity index (χ2v) is 6.66. The van der Waals surface area contributed by atoms with Gasteiger partial charge in [0.1, 0.15) is 10.8 Å². The van der Waals surface area contributed by atoms with Crippen molar-refractivity contribution in [3.8, 4) is 11.3 Å². The number of carbonyl (C=O) groups is 1. The smallest absolute Gasteiger partial charge is 0.270 e. The molecule has 8 nitrogen and oxygen atoms in total. The number of Topliss-reactive ketones (excluding diaryl/α,β-unsaturated/α-hetero) is 1. The van der Waals surface area contributed by atoms with Crippen molar-refractivity contribution in [2.45, 2.75) is 13.3 Å². The van der Waals surface area contributed by atoms with Gasteiger partial charge in [0.15, 0.2) is 0 Å². The van der Waals surface area contributed by atoms with Crippen molar-refractivity contribution in [2.24, 2.45) is 17.3 Å². The Morgan fingerprint density at radius 2 is 2.08 bits per heavy atom. The van der Waals surface area contributed by atoms with Crippen molar-refractivity contribution < 1.29 is 9.72 Å². The number of rotatable bonds is 5. The molecule has 128 valence electrons. The first-order chi connectivity index (χ1) is 11.9. The number of hydrogen-bond donors (Lipinski definition) is 0. The molecule has 0 saturated carbocycles. The van der Waals surface area contributed by atoms with E-state index in [9.17, 15) is 14.9 Å². The number of aromatic nitrogens is 2. The molecule has 0 fully saturated rings. The Kier molecular flexibility index (Phi) is 4.75. The molecule has 0 bridgehead atoms. The molecule has 1 aliphatic heterocycles. The van der Waals surface area contributed by atoms with Crippen LogP contribution in [0.2, 0.25) is 0 Å². The van der Waals surface area contributed by atoms with Crippen molar-refractivity contribution in [3.05, 3.63) is 46.1 Å². The van der Waals surface area contributed by atoms with Crippen molar-refractivity contribution in [3.63, 3.8) is 0 Å². The average molecular weight is 357 g/mol. The lowest BCUT2D eigenvalue weighted by atomic mass is 10.0. The zero-order chi connectivity index (χ0) is 18.0. The van der Waals surface area contributed by atoms with Crippen LogP contribution in [0.3, 0.4) is 0 Å². The maximum Gasteiger partial charge on any atom is 0.270 e. The van der Waals surface area contributed by atoms with Crippen LogP contribution in [0.25, 0.3) is 11.3 Å². The van der Waals surface area contributed by atoms with E-state index in [1.165, 1.54) is 30.8 Å². The quantitative estimate of drug-likeness (QED) is 0.605. The van der Waals surface area contributed by atoms with Gasteiger partial charge in [-0.05, 0) is 19.1 Å². The Morgan fingerprint density at radius 1 is 1.32 bits per heavy atom. The molecule has 2 heterocycles. The average Bonchev–Trinajstić information content (AvgIpc) is 3.21. The van der Waals surface area contributed by atoms with Crippen LogP contribution in [0.15, 0.2) is 40.7 Å². The zero-order valence-electron chi connectivity index (χ0n) is 13.7. The van der Waals surface area contributed by atoms with Crippen LogP contribution in [0.4, 0.5) is 5.69 Å². The Morgan fingerprint density at radius 3 is 2.72 bits per heavy atom. The summed E-state index contributed by atoms with van der Waals surface area (Å²) >= 11 is 1.34. The molecule has 0 unspecified atom stereocenters. The molecule has 0 radical (unpaired) electrons. The first kappa shape index (κ1) is 17.0. The van der Waals surface area contributed by atoms with Gasteiger partial charge >= 0.3 is 0 Å². The summed E-state index contributed by atoms with van der Waals surface area (Å²) in [5.74, 6) is 0.407. The normalized spacial score (nSPS) is 13.5. The molecule has 0 N–H and O–H groups in total. The minimum absolute atomic E-state index is 0.0225. The fourth-order valence-electron chi connectivity index (χ4n) is 2.35. The molecule has 2 aromatic rings. The van der Waals surface area contributed by atoms with Gasteiger partial charge in [0.25, 0.3) is 5.69 Å². The molecule has 1 aromatic heterocycles. The fraction of sp³-hybridized carbons (Fsp3) is 0.250. The highest BCUT2D eigenvalue weighted by atomic mass is 32.2. The largest absolute Gasteiger partial charge is 0.299 e. The van der Waals surface area contributed by atoms with Gasteiger partial charge in [-0.2, -0.15) is 10.2 Å². The SMILES string of the molecule is CC(=O)CSC1=NN=C(c2cc(-c3ccn(C)n3)cc([N+](=O)[O-])c2)C1. The summed E-state index contributed by atoms with van der Waals surface area (Å²) in [5.41, 5.74) is 2.56. The van der Waals surface area contributed by atoms with Crippen LogP contribution in [0.5, 0.6) is 0 Å². The molecule has 9 heteroatoms. The number of benzene rings is 1. The lowest BCUT2D eigenvalue weighted by Crippen LogP contribution is -2.05. The van der Waals surface area contributed by atoms with Gasteiger partial charge in [0.05, 0.1) is 22.1 Å². The van der Waals surface area contributed by atoms with Crippen LogP contribution in [-0.2, 0) is 11.8 Å². The van der Waals surface area contributed by atoms with E-state index in [-0.39, 0.29) is 11.5 Å². The number of nitrogens with zero attached hydrogens (tertiary/aromatic N) is 5. The third kappa shape index (κ3) is 4.00. The van der Waals surface area contributed by atoms with Crippen LogP contribution in [0, 0.1) is 10.1 Å². The second kappa shape index (κ2) is 6.98. The lowest BCUT2D eigenvalue weighted by Gasteiger charge is -2.05. The molecule has 0 atom stereocenters. The number of non-ortho nitro benzene ring substituents is 1. The van der Waals surface area contributed by atoms with Crippen LogP contribution in [0.1, 0.15) is 18.9 Å². The summed E-state index contributed by atoms with van der Waals surface area (Å²) in [5, 5.41) is 24.5. The second-order valence-electron chi connectivity index (χ2n) is 5.61. The first-order valence-electron chi connectivity index (χ1n) is 7.48. The number of nitro benzene ring substituents is 1. The van der Waals surface area contributed by atoms with Crippen molar-refractivity contribution in [2.75, 3.05) is 5.75 Å². The molecule has 0 amide bonds. The molecular weight excluding hydrogens is 342 g/mol. The van der Waals surface area contributed by atoms with Crippen molar-refractivity contribution >= 4 is 34.0 Å². The number of aryl methyl sites for hydroxylation is 1. The summed E-state index contributed by atoms with van der Waals surface area (Å²) in [4.78, 5) is 21.9. The third-order valence-corrected chi connectivity index (χ3v) is 4.62. The molecular formula is C16H15N5O3S. The van der Waals surface area contributed by atoms with E-state index < -0.39 is 4.92 Å². The topological polar surface area (TPSA) is 103 Å².